The highest BCUT2D eigenvalue weighted by Crippen LogP contribution is 2.41. The van der Waals surface area contributed by atoms with Crippen LogP contribution >= 0.6 is 23.8 Å². The van der Waals surface area contributed by atoms with Crippen molar-refractivity contribution in [2.24, 2.45) is 5.92 Å². The van der Waals surface area contributed by atoms with Crippen LogP contribution in [0.4, 0.5) is 17.6 Å². The third kappa shape index (κ3) is 6.05. The van der Waals surface area contributed by atoms with Crippen molar-refractivity contribution in [1.29, 1.82) is 0 Å². The van der Waals surface area contributed by atoms with Crippen molar-refractivity contribution < 1.29 is 0 Å². The quantitative estimate of drug-likeness (QED) is 0.437. The van der Waals surface area contributed by atoms with Crippen LogP contribution in [0, 0.1) is 5.92 Å². The zero-order valence-corrected chi connectivity index (χ0v) is 23.0. The molecule has 1 aromatic carbocycles. The molecule has 1 saturated carbocycles. The maximum atomic E-state index is 6.34. The van der Waals surface area contributed by atoms with Crippen LogP contribution in [0.5, 0.6) is 0 Å². The topological polar surface area (TPSA) is 56.3 Å². The second-order valence-electron chi connectivity index (χ2n) is 10.9. The Morgan fingerprint density at radius 2 is 1.64 bits per heavy atom. The largest absolute Gasteiger partial charge is 0.361 e. The van der Waals surface area contributed by atoms with Crippen LogP contribution < -0.4 is 20.4 Å². The standard InChI is InChI=1S/C28H39ClN6S/c1-21-10-16-35(17-11-21)25-19-24(34-14-5-2-6-15-34)31-26(32-25)33-27(36)30-20-28(12-3-4-13-28)22-8-7-9-23(29)18-22/h7-9,18-19,21H,2-6,10-17,20H2,1H3,(H2,30,31,32,33,36). The summed E-state index contributed by atoms with van der Waals surface area (Å²) in [6.45, 7) is 7.31. The highest BCUT2D eigenvalue weighted by molar-refractivity contribution is 7.80. The van der Waals surface area contributed by atoms with Gasteiger partial charge in [-0.1, -0.05) is 43.5 Å². The lowest BCUT2D eigenvalue weighted by molar-refractivity contribution is 0.435. The number of rotatable bonds is 6. The molecule has 8 heteroatoms. The van der Waals surface area contributed by atoms with Crippen molar-refractivity contribution in [2.75, 3.05) is 47.8 Å². The van der Waals surface area contributed by atoms with Crippen molar-refractivity contribution in [3.63, 3.8) is 0 Å². The van der Waals surface area contributed by atoms with E-state index < -0.39 is 0 Å². The molecular formula is C28H39ClN6S. The number of nitrogens with zero attached hydrogens (tertiary/aromatic N) is 4. The molecule has 3 aliphatic rings. The van der Waals surface area contributed by atoms with Crippen molar-refractivity contribution >= 4 is 46.5 Å². The van der Waals surface area contributed by atoms with E-state index in [4.69, 9.17) is 33.8 Å². The van der Waals surface area contributed by atoms with Gasteiger partial charge in [-0.25, -0.2) is 0 Å². The van der Waals surface area contributed by atoms with Crippen molar-refractivity contribution in [1.82, 2.24) is 15.3 Å². The molecule has 0 amide bonds. The maximum Gasteiger partial charge on any atom is 0.232 e. The summed E-state index contributed by atoms with van der Waals surface area (Å²) in [4.78, 5) is 14.6. The van der Waals surface area contributed by atoms with Crippen molar-refractivity contribution in [3.05, 3.63) is 40.9 Å². The lowest BCUT2D eigenvalue weighted by Crippen LogP contribution is -2.41. The fourth-order valence-electron chi connectivity index (χ4n) is 6.00. The van der Waals surface area contributed by atoms with Gasteiger partial charge in [-0.15, -0.1) is 0 Å². The van der Waals surface area contributed by atoms with Crippen LogP contribution in [0.3, 0.4) is 0 Å². The Bertz CT molecular complexity index is 1040. The van der Waals surface area contributed by atoms with Gasteiger partial charge in [0.15, 0.2) is 5.11 Å². The van der Waals surface area contributed by atoms with Gasteiger partial charge in [-0.05, 0) is 80.8 Å². The summed E-state index contributed by atoms with van der Waals surface area (Å²) in [7, 11) is 0. The SMILES string of the molecule is CC1CCN(c2cc(N3CCCCC3)nc(NC(=S)NCC3(c4cccc(Cl)c4)CCCC3)n2)CC1. The number of nitrogens with one attached hydrogen (secondary N) is 2. The summed E-state index contributed by atoms with van der Waals surface area (Å²) in [5.41, 5.74) is 1.36. The van der Waals surface area contributed by atoms with Crippen LogP contribution in [-0.4, -0.2) is 47.8 Å². The molecule has 0 radical (unpaired) electrons. The van der Waals surface area contributed by atoms with E-state index in [1.54, 1.807) is 0 Å². The minimum atomic E-state index is 0.0583. The maximum absolute atomic E-state index is 6.34. The highest BCUT2D eigenvalue weighted by atomic mass is 35.5. The molecule has 2 aromatic rings. The number of benzene rings is 1. The van der Waals surface area contributed by atoms with Gasteiger partial charge in [0.05, 0.1) is 0 Å². The monoisotopic (exact) mass is 526 g/mol. The average Bonchev–Trinajstić information content (AvgIpc) is 3.39. The third-order valence-electron chi connectivity index (χ3n) is 8.30. The van der Waals surface area contributed by atoms with E-state index in [-0.39, 0.29) is 5.41 Å². The zero-order chi connectivity index (χ0) is 25.0. The van der Waals surface area contributed by atoms with Gasteiger partial charge >= 0.3 is 0 Å². The molecule has 0 unspecified atom stereocenters. The highest BCUT2D eigenvalue weighted by Gasteiger charge is 2.36. The summed E-state index contributed by atoms with van der Waals surface area (Å²) in [6.07, 6.45) is 10.9. The fourth-order valence-corrected chi connectivity index (χ4v) is 6.35. The van der Waals surface area contributed by atoms with Crippen LogP contribution in [-0.2, 0) is 5.41 Å². The summed E-state index contributed by atoms with van der Waals surface area (Å²) in [5.74, 6) is 3.39. The molecule has 3 heterocycles. The van der Waals surface area contributed by atoms with Crippen LogP contribution in [0.15, 0.2) is 30.3 Å². The molecule has 3 fully saturated rings. The smallest absolute Gasteiger partial charge is 0.232 e. The van der Waals surface area contributed by atoms with E-state index in [2.05, 4.69) is 51.6 Å². The second-order valence-corrected chi connectivity index (χ2v) is 11.8. The number of hydrogen-bond donors (Lipinski definition) is 2. The first-order valence-corrected chi connectivity index (χ1v) is 14.5. The van der Waals surface area contributed by atoms with E-state index in [0.717, 1.165) is 68.1 Å². The minimum absolute atomic E-state index is 0.0583. The first-order chi connectivity index (χ1) is 17.5. The molecule has 2 aliphatic heterocycles. The molecule has 1 aromatic heterocycles. The molecule has 36 heavy (non-hydrogen) atoms. The number of piperidine rings is 2. The normalized spacial score (nSPS) is 20.4. The molecule has 0 spiro atoms. The van der Waals surface area contributed by atoms with E-state index in [0.29, 0.717) is 11.1 Å². The van der Waals surface area contributed by atoms with Gasteiger partial charge in [-0.3, -0.25) is 0 Å². The molecule has 5 rings (SSSR count). The fraction of sp³-hybridized carbons (Fsp3) is 0.607. The van der Waals surface area contributed by atoms with Crippen LogP contribution in [0.1, 0.15) is 70.3 Å². The van der Waals surface area contributed by atoms with Gasteiger partial charge in [0.25, 0.3) is 0 Å². The lowest BCUT2D eigenvalue weighted by atomic mass is 9.79. The van der Waals surface area contributed by atoms with Gasteiger partial charge < -0.3 is 20.4 Å². The molecule has 6 nitrogen and oxygen atoms in total. The Hall–Kier alpha value is -2.12. The predicted octanol–water partition coefficient (Wildman–Crippen LogP) is 6.16. The number of anilines is 3. The molecule has 0 atom stereocenters. The lowest BCUT2D eigenvalue weighted by Gasteiger charge is -2.33. The number of thiocarbonyl (C=S) groups is 1. The second kappa shape index (κ2) is 11.5. The first kappa shape index (κ1) is 25.5. The first-order valence-electron chi connectivity index (χ1n) is 13.7. The summed E-state index contributed by atoms with van der Waals surface area (Å²) < 4.78 is 0. The van der Waals surface area contributed by atoms with E-state index in [9.17, 15) is 0 Å². The summed E-state index contributed by atoms with van der Waals surface area (Å²) in [5, 5.41) is 8.21. The Balaban J connectivity index is 1.31. The molecule has 0 bridgehead atoms. The number of hydrogen-bond acceptors (Lipinski definition) is 5. The van der Waals surface area contributed by atoms with Gasteiger partial charge in [0.2, 0.25) is 5.95 Å². The number of aromatic nitrogens is 2. The number of halogens is 1. The zero-order valence-electron chi connectivity index (χ0n) is 21.4. The minimum Gasteiger partial charge on any atom is -0.361 e. The molecule has 1 aliphatic carbocycles. The van der Waals surface area contributed by atoms with Gasteiger partial charge in [-0.2, -0.15) is 9.97 Å². The Labute approximate surface area is 226 Å². The van der Waals surface area contributed by atoms with E-state index in [1.165, 1.54) is 50.5 Å². The Morgan fingerprint density at radius 3 is 2.31 bits per heavy atom. The van der Waals surface area contributed by atoms with Crippen molar-refractivity contribution in [2.45, 2.75) is 70.1 Å². The Kier molecular flexibility index (Phi) is 8.16. The van der Waals surface area contributed by atoms with Gasteiger partial charge in [0.1, 0.15) is 11.6 Å². The average molecular weight is 527 g/mol. The molecule has 2 saturated heterocycles. The molecule has 2 N–H and O–H groups in total. The van der Waals surface area contributed by atoms with E-state index >= 15 is 0 Å². The van der Waals surface area contributed by atoms with E-state index in [1.807, 2.05) is 6.07 Å². The predicted molar refractivity (Wildman–Crippen MR) is 155 cm³/mol. The van der Waals surface area contributed by atoms with Crippen LogP contribution in [0.2, 0.25) is 5.02 Å². The summed E-state index contributed by atoms with van der Waals surface area (Å²) >= 11 is 12.1. The van der Waals surface area contributed by atoms with Gasteiger partial charge in [0, 0.05) is 49.2 Å². The Morgan fingerprint density at radius 1 is 0.972 bits per heavy atom. The van der Waals surface area contributed by atoms with Crippen molar-refractivity contribution in [3.8, 4) is 0 Å². The third-order valence-corrected chi connectivity index (χ3v) is 8.78. The molecular weight excluding hydrogens is 488 g/mol. The van der Waals surface area contributed by atoms with Crippen LogP contribution in [0.25, 0.3) is 0 Å². The molecule has 194 valence electrons. The summed E-state index contributed by atoms with van der Waals surface area (Å²) in [6, 6.07) is 10.5.